The average molecular weight is 498 g/mol. The summed E-state index contributed by atoms with van der Waals surface area (Å²) in [6.45, 7) is 1.74. The number of carbonyl (C=O) groups is 1. The SMILES string of the molecule is COc1ccc2nccc(C(O)CN3CC[C@@H](NCc4cnc5c(c4)NC(=O)CS5)[C@@H](F)C3)c2c1. The standard InChI is InChI=1S/C25H28FN5O3S/c1-34-16-2-3-20-18(9-16)17(4-6-27-20)23(32)13-31-7-5-21(19(26)12-31)28-10-15-8-22-25(29-11-15)35-14-24(33)30-22/h2-4,6,8-9,11,19,21,23,28,32H,5,7,10,12-14H2,1H3,(H,30,33)/t19-,21+,23?/m0/s1. The third-order valence-corrected chi connectivity index (χ3v) is 7.49. The predicted octanol–water partition coefficient (Wildman–Crippen LogP) is 2.92. The minimum Gasteiger partial charge on any atom is -0.497 e. The number of amides is 1. The Labute approximate surface area is 207 Å². The molecule has 1 saturated heterocycles. The Balaban J connectivity index is 1.17. The Kier molecular flexibility index (Phi) is 7.14. The molecule has 5 rings (SSSR count). The van der Waals surface area contributed by atoms with Crippen molar-refractivity contribution >= 4 is 34.3 Å². The fraction of sp³-hybridized carbons (Fsp3) is 0.400. The fourth-order valence-electron chi connectivity index (χ4n) is 4.64. The molecule has 10 heteroatoms. The van der Waals surface area contributed by atoms with Crippen LogP contribution in [-0.2, 0) is 11.3 Å². The van der Waals surface area contributed by atoms with Crippen LogP contribution in [0.1, 0.15) is 23.7 Å². The number of fused-ring (bicyclic) bond motifs is 2. The second-order valence-electron chi connectivity index (χ2n) is 8.88. The molecule has 4 heterocycles. The number of methoxy groups -OCH3 is 1. The molecular formula is C25H28FN5O3S. The van der Waals surface area contributed by atoms with Gasteiger partial charge in [0.25, 0.3) is 0 Å². The zero-order valence-electron chi connectivity index (χ0n) is 19.4. The van der Waals surface area contributed by atoms with Gasteiger partial charge in [0, 0.05) is 43.5 Å². The van der Waals surface area contributed by atoms with Gasteiger partial charge in [0.2, 0.25) is 5.91 Å². The summed E-state index contributed by atoms with van der Waals surface area (Å²) in [5, 5.41) is 18.7. The first-order valence-electron chi connectivity index (χ1n) is 11.6. The van der Waals surface area contributed by atoms with Crippen LogP contribution in [0.25, 0.3) is 10.9 Å². The summed E-state index contributed by atoms with van der Waals surface area (Å²) >= 11 is 1.42. The molecule has 1 amide bonds. The van der Waals surface area contributed by atoms with Gasteiger partial charge < -0.3 is 20.5 Å². The molecule has 1 unspecified atom stereocenters. The second-order valence-corrected chi connectivity index (χ2v) is 9.85. The van der Waals surface area contributed by atoms with E-state index in [4.69, 9.17) is 4.74 Å². The summed E-state index contributed by atoms with van der Waals surface area (Å²) < 4.78 is 20.4. The zero-order valence-corrected chi connectivity index (χ0v) is 20.2. The van der Waals surface area contributed by atoms with Crippen LogP contribution >= 0.6 is 11.8 Å². The van der Waals surface area contributed by atoms with Gasteiger partial charge in [-0.15, -0.1) is 0 Å². The third-order valence-electron chi connectivity index (χ3n) is 6.49. The average Bonchev–Trinajstić information content (AvgIpc) is 2.87. The number of hydrogen-bond acceptors (Lipinski definition) is 8. The van der Waals surface area contributed by atoms with Gasteiger partial charge in [-0.3, -0.25) is 14.7 Å². The highest BCUT2D eigenvalue weighted by Crippen LogP contribution is 2.30. The summed E-state index contributed by atoms with van der Waals surface area (Å²) in [7, 11) is 1.60. The molecule has 0 radical (unpaired) electrons. The van der Waals surface area contributed by atoms with Crippen molar-refractivity contribution in [3.63, 3.8) is 0 Å². The van der Waals surface area contributed by atoms with E-state index in [0.29, 0.717) is 43.2 Å². The van der Waals surface area contributed by atoms with Crippen LogP contribution in [0, 0.1) is 0 Å². The molecule has 8 nitrogen and oxygen atoms in total. The number of benzene rings is 1. The summed E-state index contributed by atoms with van der Waals surface area (Å²) in [5.74, 6) is 1.04. The maximum absolute atomic E-state index is 15.0. The smallest absolute Gasteiger partial charge is 0.234 e. The van der Waals surface area contributed by atoms with Crippen molar-refractivity contribution < 1.29 is 19.0 Å². The number of aromatic nitrogens is 2. The number of alkyl halides is 1. The number of pyridine rings is 2. The van der Waals surface area contributed by atoms with Crippen LogP contribution in [0.3, 0.4) is 0 Å². The molecule has 2 aliphatic rings. The van der Waals surface area contributed by atoms with Crippen LogP contribution in [0.5, 0.6) is 5.75 Å². The minimum atomic E-state index is -1.06. The number of nitrogens with one attached hydrogen (secondary N) is 2. The molecule has 0 saturated carbocycles. The Morgan fingerprint density at radius 1 is 1.34 bits per heavy atom. The number of β-amino-alcohol motifs (C(OH)–C–C–N with tert-alkyl or cyclic N) is 1. The second kappa shape index (κ2) is 10.4. The largest absolute Gasteiger partial charge is 0.497 e. The number of rotatable bonds is 7. The lowest BCUT2D eigenvalue weighted by atomic mass is 10.00. The molecule has 35 heavy (non-hydrogen) atoms. The lowest BCUT2D eigenvalue weighted by Crippen LogP contribution is -2.51. The molecule has 1 fully saturated rings. The Morgan fingerprint density at radius 3 is 3.06 bits per heavy atom. The monoisotopic (exact) mass is 497 g/mol. The number of piperidine rings is 1. The van der Waals surface area contributed by atoms with E-state index in [2.05, 4.69) is 20.6 Å². The van der Waals surface area contributed by atoms with Gasteiger partial charge in [-0.25, -0.2) is 9.37 Å². The topological polar surface area (TPSA) is 99.6 Å². The van der Waals surface area contributed by atoms with Crippen molar-refractivity contribution in [3.05, 3.63) is 53.9 Å². The number of carbonyl (C=O) groups excluding carboxylic acids is 1. The van der Waals surface area contributed by atoms with Crippen molar-refractivity contribution in [1.82, 2.24) is 20.2 Å². The van der Waals surface area contributed by atoms with Gasteiger partial charge in [-0.2, -0.15) is 0 Å². The number of anilines is 1. The molecule has 2 aromatic heterocycles. The summed E-state index contributed by atoms with van der Waals surface area (Å²) in [6, 6.07) is 8.99. The molecule has 0 aliphatic carbocycles. The van der Waals surface area contributed by atoms with Gasteiger partial charge in [0.05, 0.1) is 30.2 Å². The maximum atomic E-state index is 15.0. The van der Waals surface area contributed by atoms with E-state index >= 15 is 4.39 Å². The van der Waals surface area contributed by atoms with E-state index in [1.165, 1.54) is 11.8 Å². The number of nitrogens with zero attached hydrogens (tertiary/aromatic N) is 3. The fourth-order valence-corrected chi connectivity index (χ4v) is 5.37. The van der Waals surface area contributed by atoms with E-state index in [1.807, 2.05) is 29.2 Å². The Bertz CT molecular complexity index is 1230. The molecule has 3 atom stereocenters. The first kappa shape index (κ1) is 23.9. The molecule has 0 spiro atoms. The normalized spacial score (nSPS) is 21.4. The quantitative estimate of drug-likeness (QED) is 0.458. The van der Waals surface area contributed by atoms with Gasteiger partial charge in [0.15, 0.2) is 0 Å². The van der Waals surface area contributed by atoms with Crippen molar-refractivity contribution in [2.45, 2.75) is 36.3 Å². The van der Waals surface area contributed by atoms with Crippen LogP contribution < -0.4 is 15.4 Å². The van der Waals surface area contributed by atoms with Crippen LogP contribution in [0.4, 0.5) is 10.1 Å². The van der Waals surface area contributed by atoms with Gasteiger partial charge in [-0.05, 0) is 54.4 Å². The Hall–Kier alpha value is -2.79. The molecule has 3 N–H and O–H groups in total. The van der Waals surface area contributed by atoms with E-state index in [9.17, 15) is 9.90 Å². The highest BCUT2D eigenvalue weighted by molar-refractivity contribution is 8.00. The van der Waals surface area contributed by atoms with Gasteiger partial charge >= 0.3 is 0 Å². The number of ether oxygens (including phenoxy) is 1. The zero-order chi connectivity index (χ0) is 24.4. The number of thioether (sulfide) groups is 1. The number of halogens is 1. The van der Waals surface area contributed by atoms with Crippen LogP contribution in [0.15, 0.2) is 47.8 Å². The number of hydrogen-bond donors (Lipinski definition) is 3. The lowest BCUT2D eigenvalue weighted by Gasteiger charge is -2.36. The van der Waals surface area contributed by atoms with E-state index in [1.54, 1.807) is 25.6 Å². The number of aliphatic hydroxyl groups is 1. The highest BCUT2D eigenvalue weighted by atomic mass is 32.2. The van der Waals surface area contributed by atoms with Crippen LogP contribution in [0.2, 0.25) is 0 Å². The Morgan fingerprint density at radius 2 is 2.23 bits per heavy atom. The van der Waals surface area contributed by atoms with Crippen molar-refractivity contribution in [3.8, 4) is 5.75 Å². The molecule has 2 aliphatic heterocycles. The number of aliphatic hydroxyl groups excluding tert-OH is 1. The van der Waals surface area contributed by atoms with Gasteiger partial charge in [0.1, 0.15) is 16.9 Å². The molecule has 0 bridgehead atoms. The molecule has 184 valence electrons. The van der Waals surface area contributed by atoms with Crippen LogP contribution in [-0.4, -0.2) is 70.6 Å². The van der Waals surface area contributed by atoms with Gasteiger partial charge in [-0.1, -0.05) is 11.8 Å². The van der Waals surface area contributed by atoms with Crippen molar-refractivity contribution in [2.24, 2.45) is 0 Å². The minimum absolute atomic E-state index is 0.0355. The molecule has 3 aromatic rings. The summed E-state index contributed by atoms with van der Waals surface area (Å²) in [4.78, 5) is 22.4. The highest BCUT2D eigenvalue weighted by Gasteiger charge is 2.30. The maximum Gasteiger partial charge on any atom is 0.234 e. The first-order chi connectivity index (χ1) is 17.0. The number of likely N-dealkylation sites (tertiary alicyclic amines) is 1. The lowest BCUT2D eigenvalue weighted by molar-refractivity contribution is -0.113. The van der Waals surface area contributed by atoms with E-state index < -0.39 is 12.3 Å². The molecule has 1 aromatic carbocycles. The summed E-state index contributed by atoms with van der Waals surface area (Å²) in [6.07, 6.45) is 2.25. The van der Waals surface area contributed by atoms with E-state index in [-0.39, 0.29) is 18.5 Å². The summed E-state index contributed by atoms with van der Waals surface area (Å²) in [5.41, 5.74) is 3.15. The third kappa shape index (κ3) is 5.40. The predicted molar refractivity (Wildman–Crippen MR) is 133 cm³/mol. The van der Waals surface area contributed by atoms with Crippen molar-refractivity contribution in [1.29, 1.82) is 0 Å². The van der Waals surface area contributed by atoms with E-state index in [0.717, 1.165) is 27.1 Å². The van der Waals surface area contributed by atoms with Crippen molar-refractivity contribution in [2.75, 3.05) is 37.8 Å². The molecular weight excluding hydrogens is 469 g/mol. The first-order valence-corrected chi connectivity index (χ1v) is 12.6.